The van der Waals surface area contributed by atoms with E-state index in [0.29, 0.717) is 18.0 Å². The molecule has 1 aliphatic heterocycles. The van der Waals surface area contributed by atoms with Gasteiger partial charge in [0.15, 0.2) is 0 Å². The second kappa shape index (κ2) is 10.2. The van der Waals surface area contributed by atoms with Crippen LogP contribution in [0.25, 0.3) is 10.8 Å². The highest BCUT2D eigenvalue weighted by Crippen LogP contribution is 2.50. The first kappa shape index (κ1) is 27.0. The molecule has 1 aliphatic carbocycles. The Morgan fingerprint density at radius 3 is 2.05 bits per heavy atom. The maximum absolute atomic E-state index is 13.4. The average Bonchev–Trinajstić information content (AvgIpc) is 3.31. The minimum atomic E-state index is -5.90. The van der Waals surface area contributed by atoms with Crippen molar-refractivity contribution in [2.75, 3.05) is 6.54 Å². The average molecular weight is 536 g/mol. The molecular weight excluding hydrogens is 504 g/mol. The van der Waals surface area contributed by atoms with E-state index in [-0.39, 0.29) is 17.9 Å². The topological polar surface area (TPSA) is 32.3 Å². The lowest BCUT2D eigenvalue weighted by Crippen LogP contribution is -2.53. The Morgan fingerprint density at radius 2 is 1.39 bits per heavy atom. The van der Waals surface area contributed by atoms with Gasteiger partial charge in [-0.2, -0.15) is 26.3 Å². The lowest BCUT2D eigenvalue weighted by molar-refractivity contribution is -0.376. The summed E-state index contributed by atoms with van der Waals surface area (Å²) in [6.07, 6.45) is -5.29. The van der Waals surface area contributed by atoms with Crippen LogP contribution in [0.15, 0.2) is 66.7 Å². The zero-order chi connectivity index (χ0) is 27.1. The highest BCUT2D eigenvalue weighted by molar-refractivity contribution is 5.85. The molecule has 0 spiro atoms. The minimum Gasteiger partial charge on any atom is -0.369 e. The summed E-state index contributed by atoms with van der Waals surface area (Å²) >= 11 is 0. The second-order valence-corrected chi connectivity index (χ2v) is 10.8. The zero-order valence-corrected chi connectivity index (χ0v) is 20.8. The van der Waals surface area contributed by atoms with Gasteiger partial charge in [0.05, 0.1) is 0 Å². The van der Waals surface area contributed by atoms with E-state index >= 15 is 0 Å². The molecule has 5 rings (SSSR count). The number of rotatable bonds is 5. The fourth-order valence-electron chi connectivity index (χ4n) is 6.64. The summed E-state index contributed by atoms with van der Waals surface area (Å²) in [5, 5.41) is 15.8. The van der Waals surface area contributed by atoms with Crippen LogP contribution in [-0.4, -0.2) is 30.0 Å². The molecule has 2 fully saturated rings. The first-order valence-electron chi connectivity index (χ1n) is 13.2. The summed E-state index contributed by atoms with van der Waals surface area (Å²) in [6.45, 7) is 0.596. The molecule has 1 heterocycles. The molecule has 2 N–H and O–H groups in total. The molecule has 0 bridgehead atoms. The first-order valence-corrected chi connectivity index (χ1v) is 13.2. The zero-order valence-electron chi connectivity index (χ0n) is 20.8. The Balaban J connectivity index is 1.49. The summed E-state index contributed by atoms with van der Waals surface area (Å²) in [5.41, 5.74) is -4.28. The molecule has 3 aromatic carbocycles. The third-order valence-electron chi connectivity index (χ3n) is 8.62. The summed E-state index contributed by atoms with van der Waals surface area (Å²) in [4.78, 5) is 0. The Morgan fingerprint density at radius 1 is 0.763 bits per heavy atom. The number of halogens is 6. The third kappa shape index (κ3) is 4.81. The summed E-state index contributed by atoms with van der Waals surface area (Å²) < 4.78 is 80.4. The van der Waals surface area contributed by atoms with Crippen LogP contribution in [0, 0.1) is 11.8 Å². The van der Waals surface area contributed by atoms with Crippen molar-refractivity contribution >= 4 is 10.8 Å². The number of benzene rings is 3. The van der Waals surface area contributed by atoms with Crippen molar-refractivity contribution in [2.24, 2.45) is 11.8 Å². The van der Waals surface area contributed by atoms with Crippen molar-refractivity contribution in [3.8, 4) is 0 Å². The fourth-order valence-corrected chi connectivity index (χ4v) is 6.64. The van der Waals surface area contributed by atoms with Crippen molar-refractivity contribution in [1.29, 1.82) is 0 Å². The predicted octanol–water partition coefficient (Wildman–Crippen LogP) is 7.65. The summed E-state index contributed by atoms with van der Waals surface area (Å²) in [5.74, 6) is 0.521. The third-order valence-corrected chi connectivity index (χ3v) is 8.62. The summed E-state index contributed by atoms with van der Waals surface area (Å²) in [6, 6.07) is 18.7. The molecule has 3 aromatic rings. The van der Waals surface area contributed by atoms with Crippen LogP contribution in [0.1, 0.15) is 54.7 Å². The van der Waals surface area contributed by atoms with E-state index in [4.69, 9.17) is 0 Å². The highest BCUT2D eigenvalue weighted by atomic mass is 19.4. The molecule has 0 aromatic heterocycles. The number of hydrogen-bond acceptors (Lipinski definition) is 2. The van der Waals surface area contributed by atoms with E-state index in [0.717, 1.165) is 55.0 Å². The van der Waals surface area contributed by atoms with E-state index < -0.39 is 23.5 Å². The van der Waals surface area contributed by atoms with Gasteiger partial charge in [0.1, 0.15) is 0 Å². The molecule has 0 radical (unpaired) electrons. The SMILES string of the molecule is OC(c1ccc([C@@H]2CNC(C3CCCCC3)[C@H]2Cc2cccc3ccccc23)cc1)(C(F)(F)F)C(F)(F)F. The number of alkyl halides is 6. The Kier molecular flexibility index (Phi) is 7.24. The Labute approximate surface area is 218 Å². The van der Waals surface area contributed by atoms with Gasteiger partial charge >= 0.3 is 12.4 Å². The smallest absolute Gasteiger partial charge is 0.369 e. The normalized spacial score (nSPS) is 23.7. The van der Waals surface area contributed by atoms with Gasteiger partial charge in [0.25, 0.3) is 5.60 Å². The number of fused-ring (bicyclic) bond motifs is 1. The van der Waals surface area contributed by atoms with E-state index in [9.17, 15) is 31.4 Å². The number of hydrogen-bond donors (Lipinski definition) is 2. The molecule has 2 nitrogen and oxygen atoms in total. The molecule has 8 heteroatoms. The van der Waals surface area contributed by atoms with Gasteiger partial charge in [0, 0.05) is 24.1 Å². The van der Waals surface area contributed by atoms with Crippen LogP contribution in [0.2, 0.25) is 0 Å². The van der Waals surface area contributed by atoms with Gasteiger partial charge < -0.3 is 10.4 Å². The van der Waals surface area contributed by atoms with Crippen LogP contribution in [-0.2, 0) is 12.0 Å². The van der Waals surface area contributed by atoms with Crippen LogP contribution in [0.5, 0.6) is 0 Å². The predicted molar refractivity (Wildman–Crippen MR) is 135 cm³/mol. The fraction of sp³-hybridized carbons (Fsp3) is 0.467. The molecule has 1 saturated heterocycles. The van der Waals surface area contributed by atoms with E-state index in [1.807, 2.05) is 18.2 Å². The van der Waals surface area contributed by atoms with Crippen molar-refractivity contribution in [3.05, 3.63) is 83.4 Å². The van der Waals surface area contributed by atoms with Gasteiger partial charge in [-0.3, -0.25) is 0 Å². The Bertz CT molecular complexity index is 1230. The van der Waals surface area contributed by atoms with E-state index in [1.165, 1.54) is 24.1 Å². The molecule has 38 heavy (non-hydrogen) atoms. The van der Waals surface area contributed by atoms with Gasteiger partial charge in [-0.1, -0.05) is 86.0 Å². The quantitative estimate of drug-likeness (QED) is 0.329. The van der Waals surface area contributed by atoms with Gasteiger partial charge in [-0.05, 0) is 53.0 Å². The van der Waals surface area contributed by atoms with Crippen molar-refractivity contribution in [3.63, 3.8) is 0 Å². The van der Waals surface area contributed by atoms with Crippen molar-refractivity contribution in [1.82, 2.24) is 5.32 Å². The van der Waals surface area contributed by atoms with Gasteiger partial charge in [0.2, 0.25) is 0 Å². The number of nitrogens with one attached hydrogen (secondary N) is 1. The maximum Gasteiger partial charge on any atom is 0.430 e. The summed E-state index contributed by atoms with van der Waals surface area (Å²) in [7, 11) is 0. The van der Waals surface area contributed by atoms with Crippen molar-refractivity contribution in [2.45, 2.75) is 68.4 Å². The molecule has 1 saturated carbocycles. The molecule has 3 atom stereocenters. The van der Waals surface area contributed by atoms with Crippen LogP contribution >= 0.6 is 0 Å². The largest absolute Gasteiger partial charge is 0.430 e. The highest BCUT2D eigenvalue weighted by Gasteiger charge is 2.71. The monoisotopic (exact) mass is 535 g/mol. The molecule has 204 valence electrons. The minimum absolute atomic E-state index is 0.0835. The van der Waals surface area contributed by atoms with Crippen LogP contribution < -0.4 is 5.32 Å². The molecule has 1 unspecified atom stereocenters. The molecular formula is C30H31F6NO. The molecule has 2 aliphatic rings. The lowest BCUT2D eigenvalue weighted by atomic mass is 9.73. The van der Waals surface area contributed by atoms with E-state index in [2.05, 4.69) is 29.6 Å². The van der Waals surface area contributed by atoms with Gasteiger partial charge in [-0.15, -0.1) is 0 Å². The van der Waals surface area contributed by atoms with Gasteiger partial charge in [-0.25, -0.2) is 0 Å². The first-order chi connectivity index (χ1) is 18.0. The number of aliphatic hydroxyl groups is 1. The van der Waals surface area contributed by atoms with E-state index in [1.54, 1.807) is 0 Å². The van der Waals surface area contributed by atoms with Crippen molar-refractivity contribution < 1.29 is 31.4 Å². The van der Waals surface area contributed by atoms with Crippen LogP contribution in [0.3, 0.4) is 0 Å². The molecule has 0 amide bonds. The Hall–Kier alpha value is -2.58. The standard InChI is InChI=1S/C30H31F6NO/c31-29(32,33)28(38,30(34,35)36)23-15-13-20(14-16-23)26-18-37-27(21-8-2-1-3-9-21)25(26)17-22-11-6-10-19-7-4-5-12-24(19)22/h4-7,10-16,21,25-27,37-38H,1-3,8-9,17-18H2/t25-,26-,27?/m0/s1. The lowest BCUT2D eigenvalue weighted by Gasteiger charge is -2.34. The van der Waals surface area contributed by atoms with Crippen LogP contribution in [0.4, 0.5) is 26.3 Å². The second-order valence-electron chi connectivity index (χ2n) is 10.8. The maximum atomic E-state index is 13.4.